The summed E-state index contributed by atoms with van der Waals surface area (Å²) in [6.45, 7) is 12.4. The van der Waals surface area contributed by atoms with Crippen LogP contribution in [0, 0.1) is 0 Å². The Morgan fingerprint density at radius 3 is 2.07 bits per heavy atom. The van der Waals surface area contributed by atoms with Crippen molar-refractivity contribution in [2.75, 3.05) is 6.61 Å². The minimum absolute atomic E-state index is 0.0548. The molecule has 0 rings (SSSR count). The molecule has 14 heavy (non-hydrogen) atoms. The minimum atomic E-state index is -2.87. The lowest BCUT2D eigenvalue weighted by molar-refractivity contribution is 0.258. The zero-order chi connectivity index (χ0) is 11.4. The highest BCUT2D eigenvalue weighted by molar-refractivity contribution is 7.56. The molecule has 0 aromatic carbocycles. The van der Waals surface area contributed by atoms with Gasteiger partial charge in [-0.05, 0) is 26.1 Å². The number of rotatable bonds is 6. The van der Waals surface area contributed by atoms with Gasteiger partial charge in [-0.15, -0.1) is 0 Å². The van der Waals surface area contributed by atoms with Crippen LogP contribution in [-0.4, -0.2) is 20.6 Å². The third-order valence-electron chi connectivity index (χ3n) is 1.51. The molecule has 0 saturated carbocycles. The fraction of sp³-hybridized carbons (Fsp3) is 1.00. The van der Waals surface area contributed by atoms with Crippen molar-refractivity contribution >= 4 is 15.9 Å². The van der Waals surface area contributed by atoms with Gasteiger partial charge in [-0.1, -0.05) is 20.8 Å². The van der Waals surface area contributed by atoms with Crippen LogP contribution in [0.2, 0.25) is 19.6 Å². The van der Waals surface area contributed by atoms with Crippen LogP contribution in [0.1, 0.15) is 27.2 Å². The lowest BCUT2D eigenvalue weighted by atomic mass is 10.5. The van der Waals surface area contributed by atoms with Crippen molar-refractivity contribution in [2.45, 2.75) is 52.5 Å². The SMILES string of the molecule is CCCOP(=O)(O[Si](C)(C)C)C(C)C. The van der Waals surface area contributed by atoms with Gasteiger partial charge in [0.05, 0.1) is 12.3 Å². The first-order valence-corrected chi connectivity index (χ1v) is 10.2. The molecule has 0 radical (unpaired) electrons. The molecular weight excluding hydrogens is 215 g/mol. The van der Waals surface area contributed by atoms with Crippen LogP contribution < -0.4 is 0 Å². The number of hydrogen-bond donors (Lipinski definition) is 0. The molecule has 0 aromatic rings. The molecular formula is C9H23O3PSi. The summed E-state index contributed by atoms with van der Waals surface area (Å²) >= 11 is 0. The third-order valence-corrected chi connectivity index (χ3v) is 6.53. The molecule has 0 aliphatic heterocycles. The Balaban J connectivity index is 4.49. The van der Waals surface area contributed by atoms with E-state index in [0.29, 0.717) is 6.61 Å². The van der Waals surface area contributed by atoms with Crippen molar-refractivity contribution in [1.29, 1.82) is 0 Å². The van der Waals surface area contributed by atoms with Gasteiger partial charge in [0.25, 0.3) is 0 Å². The van der Waals surface area contributed by atoms with E-state index in [2.05, 4.69) is 0 Å². The average Bonchev–Trinajstić information content (AvgIpc) is 1.97. The standard InChI is InChI=1S/C9H23O3PSi/c1-7-8-11-13(10,9(2)3)12-14(4,5)6/h9H,7-8H2,1-6H3. The molecule has 0 N–H and O–H groups in total. The van der Waals surface area contributed by atoms with Gasteiger partial charge in [0.2, 0.25) is 0 Å². The summed E-state index contributed by atoms with van der Waals surface area (Å²) in [5.74, 6) is 0. The molecule has 86 valence electrons. The topological polar surface area (TPSA) is 35.5 Å². The predicted octanol–water partition coefficient (Wildman–Crippen LogP) is 3.87. The summed E-state index contributed by atoms with van der Waals surface area (Å²) in [6, 6.07) is 0. The normalized spacial score (nSPS) is 17.1. The maximum absolute atomic E-state index is 12.3. The second-order valence-corrected chi connectivity index (χ2v) is 12.0. The van der Waals surface area contributed by atoms with Crippen LogP contribution in [0.15, 0.2) is 0 Å². The summed E-state index contributed by atoms with van der Waals surface area (Å²) in [4.78, 5) is 0. The molecule has 5 heteroatoms. The average molecular weight is 238 g/mol. The summed E-state index contributed by atoms with van der Waals surface area (Å²) in [5, 5.41) is 0. The van der Waals surface area contributed by atoms with Crippen LogP contribution in [0.4, 0.5) is 0 Å². The Kier molecular flexibility index (Phi) is 5.59. The van der Waals surface area contributed by atoms with Gasteiger partial charge in [-0.2, -0.15) is 0 Å². The minimum Gasteiger partial charge on any atom is -0.351 e. The monoisotopic (exact) mass is 238 g/mol. The van der Waals surface area contributed by atoms with Crippen LogP contribution in [0.3, 0.4) is 0 Å². The molecule has 0 aliphatic rings. The molecule has 0 bridgehead atoms. The van der Waals surface area contributed by atoms with Crippen LogP contribution in [-0.2, 0) is 13.3 Å². The van der Waals surface area contributed by atoms with Crippen LogP contribution in [0.5, 0.6) is 0 Å². The van der Waals surface area contributed by atoms with E-state index < -0.39 is 15.9 Å². The van der Waals surface area contributed by atoms with E-state index in [9.17, 15) is 4.57 Å². The lowest BCUT2D eigenvalue weighted by Crippen LogP contribution is -2.26. The van der Waals surface area contributed by atoms with Crippen LogP contribution in [0.25, 0.3) is 0 Å². The molecule has 1 atom stereocenters. The van der Waals surface area contributed by atoms with Crippen molar-refractivity contribution in [3.8, 4) is 0 Å². The van der Waals surface area contributed by atoms with Gasteiger partial charge in [0, 0.05) is 0 Å². The highest BCUT2D eigenvalue weighted by Gasteiger charge is 2.34. The maximum atomic E-state index is 12.3. The zero-order valence-corrected chi connectivity index (χ0v) is 12.1. The van der Waals surface area contributed by atoms with E-state index in [-0.39, 0.29) is 5.66 Å². The van der Waals surface area contributed by atoms with Gasteiger partial charge in [0.1, 0.15) is 0 Å². The highest BCUT2D eigenvalue weighted by atomic mass is 31.2. The molecule has 3 nitrogen and oxygen atoms in total. The summed E-state index contributed by atoms with van der Waals surface area (Å²) < 4.78 is 23.3. The smallest absolute Gasteiger partial charge is 0.323 e. The molecule has 1 unspecified atom stereocenters. The molecule has 0 fully saturated rings. The second kappa shape index (κ2) is 5.45. The third kappa shape index (κ3) is 5.30. The van der Waals surface area contributed by atoms with E-state index in [4.69, 9.17) is 8.74 Å². The van der Waals surface area contributed by atoms with Crippen molar-refractivity contribution in [3.05, 3.63) is 0 Å². The quantitative estimate of drug-likeness (QED) is 0.520. The first-order chi connectivity index (χ1) is 6.21. The highest BCUT2D eigenvalue weighted by Crippen LogP contribution is 2.54. The van der Waals surface area contributed by atoms with Gasteiger partial charge < -0.3 is 8.74 Å². The molecule has 0 aliphatic carbocycles. The van der Waals surface area contributed by atoms with E-state index in [1.54, 1.807) is 0 Å². The first-order valence-electron chi connectivity index (χ1n) is 5.16. The molecule has 0 saturated heterocycles. The van der Waals surface area contributed by atoms with Gasteiger partial charge >= 0.3 is 7.60 Å². The predicted molar refractivity (Wildman–Crippen MR) is 63.4 cm³/mol. The largest absolute Gasteiger partial charge is 0.351 e. The van der Waals surface area contributed by atoms with Gasteiger partial charge in [-0.3, -0.25) is 4.57 Å². The van der Waals surface area contributed by atoms with Crippen molar-refractivity contribution in [2.24, 2.45) is 0 Å². The Morgan fingerprint density at radius 2 is 1.79 bits per heavy atom. The Bertz CT molecular complexity index is 211. The maximum Gasteiger partial charge on any atom is 0.323 e. The van der Waals surface area contributed by atoms with E-state index in [1.807, 2.05) is 40.4 Å². The van der Waals surface area contributed by atoms with Crippen molar-refractivity contribution in [1.82, 2.24) is 0 Å². The van der Waals surface area contributed by atoms with E-state index in [1.165, 1.54) is 0 Å². The molecule has 0 aromatic heterocycles. The van der Waals surface area contributed by atoms with E-state index in [0.717, 1.165) is 6.42 Å². The Hall–Kier alpha value is 0.367. The second-order valence-electron chi connectivity index (χ2n) is 4.67. The Labute approximate surface area is 88.9 Å². The Morgan fingerprint density at radius 1 is 1.29 bits per heavy atom. The van der Waals surface area contributed by atoms with Crippen LogP contribution >= 0.6 is 7.60 Å². The van der Waals surface area contributed by atoms with Crippen molar-refractivity contribution in [3.63, 3.8) is 0 Å². The summed E-state index contributed by atoms with van der Waals surface area (Å²) in [7, 11) is -4.66. The fourth-order valence-electron chi connectivity index (χ4n) is 0.881. The molecule has 0 amide bonds. The fourth-order valence-corrected chi connectivity index (χ4v) is 5.72. The molecule has 0 spiro atoms. The summed E-state index contributed by atoms with van der Waals surface area (Å²) in [6.07, 6.45) is 0.867. The zero-order valence-electron chi connectivity index (χ0n) is 10.2. The molecule has 0 heterocycles. The number of hydrogen-bond acceptors (Lipinski definition) is 3. The van der Waals surface area contributed by atoms with Crippen molar-refractivity contribution < 1.29 is 13.3 Å². The lowest BCUT2D eigenvalue weighted by Gasteiger charge is -2.28. The summed E-state index contributed by atoms with van der Waals surface area (Å²) in [5.41, 5.74) is -0.0548. The van der Waals surface area contributed by atoms with E-state index >= 15 is 0 Å². The van der Waals surface area contributed by atoms with Gasteiger partial charge in [0.15, 0.2) is 8.32 Å². The van der Waals surface area contributed by atoms with Gasteiger partial charge in [-0.25, -0.2) is 0 Å². The first kappa shape index (κ1) is 14.4.